The summed E-state index contributed by atoms with van der Waals surface area (Å²) in [5, 5.41) is 0. The van der Waals surface area contributed by atoms with Gasteiger partial charge in [-0.15, -0.1) is 0 Å². The summed E-state index contributed by atoms with van der Waals surface area (Å²) in [7, 11) is 3.19. The molecule has 0 N–H and O–H groups in total. The van der Waals surface area contributed by atoms with E-state index in [9.17, 15) is 4.79 Å². The predicted molar refractivity (Wildman–Crippen MR) is 79.1 cm³/mol. The lowest BCUT2D eigenvalue weighted by molar-refractivity contribution is -0.142. The molecule has 20 heavy (non-hydrogen) atoms. The molecule has 0 aromatic heterocycles. The van der Waals surface area contributed by atoms with Crippen LogP contribution < -0.4 is 4.74 Å². The zero-order valence-electron chi connectivity index (χ0n) is 13.1. The second kappa shape index (κ2) is 5.86. The Balaban J connectivity index is 2.04. The molecule has 0 amide bonds. The van der Waals surface area contributed by atoms with Crippen LogP contribution in [0.4, 0.5) is 0 Å². The first-order chi connectivity index (χ1) is 9.49. The molecular weight excluding hydrogens is 252 g/mol. The fraction of sp³-hybridized carbons (Fsp3) is 0.588. The molecule has 0 saturated heterocycles. The summed E-state index contributed by atoms with van der Waals surface area (Å²) in [4.78, 5) is 11.4. The van der Waals surface area contributed by atoms with Gasteiger partial charge in [0.15, 0.2) is 0 Å². The van der Waals surface area contributed by atoms with E-state index in [0.29, 0.717) is 5.92 Å². The summed E-state index contributed by atoms with van der Waals surface area (Å²) in [6.07, 6.45) is 3.08. The van der Waals surface area contributed by atoms with Gasteiger partial charge < -0.3 is 9.47 Å². The molecule has 1 aliphatic carbocycles. The first-order valence-corrected chi connectivity index (χ1v) is 7.21. The maximum absolute atomic E-state index is 11.4. The van der Waals surface area contributed by atoms with E-state index in [0.717, 1.165) is 25.0 Å². The third-order valence-electron chi connectivity index (χ3n) is 4.62. The van der Waals surface area contributed by atoms with Gasteiger partial charge >= 0.3 is 5.97 Å². The largest absolute Gasteiger partial charge is 0.496 e. The Bertz CT molecular complexity index is 519. The van der Waals surface area contributed by atoms with E-state index >= 15 is 0 Å². The van der Waals surface area contributed by atoms with Gasteiger partial charge in [0.2, 0.25) is 0 Å². The molecule has 0 heterocycles. The molecule has 0 radical (unpaired) electrons. The van der Waals surface area contributed by atoms with Crippen molar-refractivity contribution in [1.29, 1.82) is 0 Å². The van der Waals surface area contributed by atoms with Crippen molar-refractivity contribution in [3.63, 3.8) is 0 Å². The molecule has 1 aromatic rings. The van der Waals surface area contributed by atoms with Gasteiger partial charge in [-0.05, 0) is 74.3 Å². The number of benzene rings is 1. The maximum Gasteiger partial charge on any atom is 0.308 e. The Kier molecular flexibility index (Phi) is 4.36. The number of esters is 1. The van der Waals surface area contributed by atoms with Crippen LogP contribution in [0.15, 0.2) is 6.07 Å². The molecule has 2 atom stereocenters. The Morgan fingerprint density at radius 3 is 2.55 bits per heavy atom. The zero-order chi connectivity index (χ0) is 14.9. The minimum Gasteiger partial charge on any atom is -0.496 e. The third-order valence-corrected chi connectivity index (χ3v) is 4.62. The SMILES string of the molecule is COC(=O)C1CC1CCc1c(C)cc(OC)c(C)c1C. The van der Waals surface area contributed by atoms with Crippen LogP contribution in [0.3, 0.4) is 0 Å². The number of aryl methyl sites for hydroxylation is 1. The molecule has 3 heteroatoms. The second-order valence-corrected chi connectivity index (χ2v) is 5.79. The minimum atomic E-state index is -0.0469. The molecule has 0 bridgehead atoms. The van der Waals surface area contributed by atoms with Crippen molar-refractivity contribution in [3.8, 4) is 5.75 Å². The Labute approximate surface area is 121 Å². The fourth-order valence-corrected chi connectivity index (χ4v) is 3.03. The van der Waals surface area contributed by atoms with Crippen LogP contribution in [0.5, 0.6) is 5.75 Å². The van der Waals surface area contributed by atoms with Crippen molar-refractivity contribution in [2.24, 2.45) is 11.8 Å². The standard InChI is InChI=1S/C17H24O3/c1-10-8-16(19-4)12(3)11(2)14(10)7-6-13-9-15(13)17(18)20-5/h8,13,15H,6-7,9H2,1-5H3. The number of hydrogen-bond donors (Lipinski definition) is 0. The average molecular weight is 276 g/mol. The van der Waals surface area contributed by atoms with Gasteiger partial charge in [0.05, 0.1) is 20.1 Å². The van der Waals surface area contributed by atoms with Crippen molar-refractivity contribution in [2.45, 2.75) is 40.0 Å². The van der Waals surface area contributed by atoms with E-state index in [4.69, 9.17) is 9.47 Å². The molecule has 1 aliphatic rings. The topological polar surface area (TPSA) is 35.5 Å². The van der Waals surface area contributed by atoms with Crippen molar-refractivity contribution in [3.05, 3.63) is 28.3 Å². The molecule has 1 fully saturated rings. The van der Waals surface area contributed by atoms with Crippen LogP contribution in [-0.4, -0.2) is 20.2 Å². The summed E-state index contributed by atoms with van der Waals surface area (Å²) in [6, 6.07) is 2.11. The van der Waals surface area contributed by atoms with Crippen LogP contribution in [0.25, 0.3) is 0 Å². The highest BCUT2D eigenvalue weighted by Crippen LogP contribution is 2.43. The molecular formula is C17H24O3. The first kappa shape index (κ1) is 14.9. The fourth-order valence-electron chi connectivity index (χ4n) is 3.03. The molecule has 1 aromatic carbocycles. The van der Waals surface area contributed by atoms with Crippen molar-refractivity contribution in [2.75, 3.05) is 14.2 Å². The van der Waals surface area contributed by atoms with E-state index in [-0.39, 0.29) is 11.9 Å². The summed E-state index contributed by atoms with van der Waals surface area (Å²) in [5.74, 6) is 1.56. The van der Waals surface area contributed by atoms with Crippen molar-refractivity contribution < 1.29 is 14.3 Å². The number of rotatable bonds is 5. The summed E-state index contributed by atoms with van der Waals surface area (Å²) >= 11 is 0. The lowest BCUT2D eigenvalue weighted by Gasteiger charge is -2.16. The van der Waals surface area contributed by atoms with E-state index in [2.05, 4.69) is 26.8 Å². The molecule has 0 aliphatic heterocycles. The molecule has 1 saturated carbocycles. The third kappa shape index (κ3) is 2.82. The van der Waals surface area contributed by atoms with Gasteiger partial charge in [0.1, 0.15) is 5.75 Å². The summed E-state index contributed by atoms with van der Waals surface area (Å²) in [5.41, 5.74) is 5.21. The van der Waals surface area contributed by atoms with Crippen molar-refractivity contribution in [1.82, 2.24) is 0 Å². The highest BCUT2D eigenvalue weighted by molar-refractivity contribution is 5.75. The van der Waals surface area contributed by atoms with Crippen LogP contribution in [0.1, 0.15) is 35.1 Å². The molecule has 0 spiro atoms. The first-order valence-electron chi connectivity index (χ1n) is 7.21. The number of carbonyl (C=O) groups is 1. The quantitative estimate of drug-likeness (QED) is 0.774. The predicted octanol–water partition coefficient (Wildman–Crippen LogP) is 3.36. The molecule has 110 valence electrons. The monoisotopic (exact) mass is 276 g/mol. The van der Waals surface area contributed by atoms with E-state index in [1.54, 1.807) is 7.11 Å². The number of ether oxygens (including phenoxy) is 2. The van der Waals surface area contributed by atoms with E-state index < -0.39 is 0 Å². The van der Waals surface area contributed by atoms with Crippen molar-refractivity contribution >= 4 is 5.97 Å². The maximum atomic E-state index is 11.4. The average Bonchev–Trinajstić information content (AvgIpc) is 3.21. The molecule has 2 unspecified atom stereocenters. The highest BCUT2D eigenvalue weighted by atomic mass is 16.5. The summed E-state index contributed by atoms with van der Waals surface area (Å²) < 4.78 is 10.2. The van der Waals surface area contributed by atoms with Gasteiger partial charge in [0, 0.05) is 0 Å². The lowest BCUT2D eigenvalue weighted by Crippen LogP contribution is -2.05. The number of hydrogen-bond acceptors (Lipinski definition) is 3. The van der Waals surface area contributed by atoms with Crippen LogP contribution in [0, 0.1) is 32.6 Å². The Morgan fingerprint density at radius 2 is 1.95 bits per heavy atom. The van der Waals surface area contributed by atoms with E-state index in [1.807, 2.05) is 0 Å². The molecule has 2 rings (SSSR count). The number of methoxy groups -OCH3 is 2. The van der Waals surface area contributed by atoms with Gasteiger partial charge in [-0.1, -0.05) is 0 Å². The Hall–Kier alpha value is -1.51. The van der Waals surface area contributed by atoms with Crippen LogP contribution in [-0.2, 0) is 16.0 Å². The number of carbonyl (C=O) groups excluding carboxylic acids is 1. The van der Waals surface area contributed by atoms with Gasteiger partial charge in [-0.2, -0.15) is 0 Å². The second-order valence-electron chi connectivity index (χ2n) is 5.79. The van der Waals surface area contributed by atoms with Gasteiger partial charge in [0.25, 0.3) is 0 Å². The van der Waals surface area contributed by atoms with Gasteiger partial charge in [-0.3, -0.25) is 4.79 Å². The zero-order valence-corrected chi connectivity index (χ0v) is 13.1. The van der Waals surface area contributed by atoms with Crippen LogP contribution >= 0.6 is 0 Å². The van der Waals surface area contributed by atoms with Crippen LogP contribution in [0.2, 0.25) is 0 Å². The molecule has 3 nitrogen and oxygen atoms in total. The van der Waals surface area contributed by atoms with Gasteiger partial charge in [-0.25, -0.2) is 0 Å². The smallest absolute Gasteiger partial charge is 0.308 e. The lowest BCUT2D eigenvalue weighted by atomic mass is 9.93. The Morgan fingerprint density at radius 1 is 1.25 bits per heavy atom. The normalized spacial score (nSPS) is 20.6. The highest BCUT2D eigenvalue weighted by Gasteiger charge is 2.43. The minimum absolute atomic E-state index is 0.0469. The summed E-state index contributed by atoms with van der Waals surface area (Å²) in [6.45, 7) is 6.39. The van der Waals surface area contributed by atoms with E-state index in [1.165, 1.54) is 29.4 Å².